The average Bonchev–Trinajstić information content (AvgIpc) is 3.04. The molecule has 0 fully saturated rings. The van der Waals surface area contributed by atoms with Crippen molar-refractivity contribution in [2.45, 2.75) is 4.90 Å². The summed E-state index contributed by atoms with van der Waals surface area (Å²) in [6.07, 6.45) is 1.20. The molecule has 0 radical (unpaired) electrons. The van der Waals surface area contributed by atoms with E-state index < -0.39 is 15.8 Å². The summed E-state index contributed by atoms with van der Waals surface area (Å²) in [5.41, 5.74) is -0.0137. The molecule has 25 heavy (non-hydrogen) atoms. The first-order chi connectivity index (χ1) is 11.3. The van der Waals surface area contributed by atoms with Crippen LogP contribution in [0.1, 0.15) is 10.5 Å². The molecule has 0 atom stereocenters. The van der Waals surface area contributed by atoms with Crippen molar-refractivity contribution >= 4 is 34.0 Å². The van der Waals surface area contributed by atoms with E-state index in [1.807, 2.05) is 0 Å². The SMILES string of the molecule is CNCCN(C)C(=O)c1cc(S(=O)(=O)Nc2ccccc2F)c[nH]1.Cl. The number of H-pyrrole nitrogens is 1. The number of nitrogens with one attached hydrogen (secondary N) is 3. The first-order valence-corrected chi connectivity index (χ1v) is 8.69. The van der Waals surface area contributed by atoms with Gasteiger partial charge >= 0.3 is 0 Å². The molecule has 7 nitrogen and oxygen atoms in total. The number of para-hydroxylation sites is 1. The molecule has 10 heteroatoms. The van der Waals surface area contributed by atoms with Crippen LogP contribution in [0.3, 0.4) is 0 Å². The van der Waals surface area contributed by atoms with Crippen LogP contribution in [0, 0.1) is 5.82 Å². The van der Waals surface area contributed by atoms with Gasteiger partial charge in [-0.3, -0.25) is 9.52 Å². The molecule has 1 heterocycles. The van der Waals surface area contributed by atoms with Gasteiger partial charge < -0.3 is 15.2 Å². The van der Waals surface area contributed by atoms with Crippen LogP contribution in [0.4, 0.5) is 10.1 Å². The fraction of sp³-hybridized carbons (Fsp3) is 0.267. The van der Waals surface area contributed by atoms with Crippen LogP contribution >= 0.6 is 12.4 Å². The molecule has 0 bridgehead atoms. The number of hydrogen-bond donors (Lipinski definition) is 3. The highest BCUT2D eigenvalue weighted by Gasteiger charge is 2.21. The molecule has 0 aliphatic heterocycles. The molecule has 1 aromatic carbocycles. The summed E-state index contributed by atoms with van der Waals surface area (Å²) in [6, 6.07) is 6.67. The number of carbonyl (C=O) groups excluding carboxylic acids is 1. The molecule has 1 aromatic heterocycles. The summed E-state index contributed by atoms with van der Waals surface area (Å²) in [7, 11) is -0.608. The monoisotopic (exact) mass is 390 g/mol. The Morgan fingerprint density at radius 2 is 2.00 bits per heavy atom. The van der Waals surface area contributed by atoms with Crippen molar-refractivity contribution in [3.05, 3.63) is 48.0 Å². The maximum Gasteiger partial charge on any atom is 0.270 e. The van der Waals surface area contributed by atoms with E-state index in [1.54, 1.807) is 14.1 Å². The van der Waals surface area contributed by atoms with Crippen LogP contribution in [0.5, 0.6) is 0 Å². The van der Waals surface area contributed by atoms with Crippen molar-refractivity contribution in [1.82, 2.24) is 15.2 Å². The predicted octanol–water partition coefficient (Wildman–Crippen LogP) is 1.67. The number of amides is 1. The number of aromatic nitrogens is 1. The Hall–Kier alpha value is -2.10. The van der Waals surface area contributed by atoms with Crippen LogP contribution in [0.2, 0.25) is 0 Å². The summed E-state index contributed by atoms with van der Waals surface area (Å²) in [5, 5.41) is 2.92. The molecule has 0 unspecified atom stereocenters. The van der Waals surface area contributed by atoms with Gasteiger partial charge in [0.1, 0.15) is 16.4 Å². The predicted molar refractivity (Wildman–Crippen MR) is 96.1 cm³/mol. The normalized spacial score (nSPS) is 10.8. The lowest BCUT2D eigenvalue weighted by Crippen LogP contribution is -2.32. The highest BCUT2D eigenvalue weighted by Crippen LogP contribution is 2.19. The molecule has 0 aliphatic carbocycles. The maximum absolute atomic E-state index is 13.6. The second-order valence-electron chi connectivity index (χ2n) is 5.16. The van der Waals surface area contributed by atoms with E-state index >= 15 is 0 Å². The van der Waals surface area contributed by atoms with E-state index in [4.69, 9.17) is 0 Å². The Bertz CT molecular complexity index is 826. The van der Waals surface area contributed by atoms with Gasteiger partial charge in [-0.25, -0.2) is 12.8 Å². The van der Waals surface area contributed by atoms with Crippen molar-refractivity contribution in [3.63, 3.8) is 0 Å². The Kier molecular flexibility index (Phi) is 7.40. The molecule has 2 rings (SSSR count). The van der Waals surface area contributed by atoms with Gasteiger partial charge in [0, 0.05) is 26.3 Å². The molecular weight excluding hydrogens is 371 g/mol. The van der Waals surface area contributed by atoms with Gasteiger partial charge in [0.05, 0.1) is 5.69 Å². The highest BCUT2D eigenvalue weighted by atomic mass is 35.5. The second-order valence-corrected chi connectivity index (χ2v) is 6.85. The third-order valence-corrected chi connectivity index (χ3v) is 4.70. The third kappa shape index (κ3) is 5.18. The van der Waals surface area contributed by atoms with E-state index in [0.29, 0.717) is 13.1 Å². The molecule has 0 spiro atoms. The standard InChI is InChI=1S/C15H19FN4O3S.ClH/c1-17-7-8-20(2)15(21)14-9-11(10-18-14)24(22,23)19-13-6-4-3-5-12(13)16;/h3-6,9-10,17-19H,7-8H2,1-2H3;1H. The first-order valence-electron chi connectivity index (χ1n) is 7.21. The number of carbonyl (C=O) groups is 1. The Morgan fingerprint density at radius 3 is 2.64 bits per heavy atom. The molecule has 1 amide bonds. The van der Waals surface area contributed by atoms with E-state index in [0.717, 1.165) is 6.07 Å². The minimum Gasteiger partial charge on any atom is -0.356 e. The van der Waals surface area contributed by atoms with Crippen LogP contribution in [0.15, 0.2) is 41.4 Å². The summed E-state index contributed by atoms with van der Waals surface area (Å²) >= 11 is 0. The third-order valence-electron chi connectivity index (χ3n) is 3.36. The Morgan fingerprint density at radius 1 is 1.32 bits per heavy atom. The molecule has 0 aliphatic rings. The number of benzene rings is 1. The van der Waals surface area contributed by atoms with Crippen LogP contribution in [-0.4, -0.2) is 51.4 Å². The molecule has 2 aromatic rings. The van der Waals surface area contributed by atoms with E-state index in [2.05, 4.69) is 15.0 Å². The van der Waals surface area contributed by atoms with Crippen molar-refractivity contribution in [3.8, 4) is 0 Å². The van der Waals surface area contributed by atoms with Gasteiger partial charge in [0.15, 0.2) is 0 Å². The van der Waals surface area contributed by atoms with Gasteiger partial charge in [0.2, 0.25) is 0 Å². The van der Waals surface area contributed by atoms with Gasteiger partial charge in [-0.15, -0.1) is 12.4 Å². The maximum atomic E-state index is 13.6. The van der Waals surface area contributed by atoms with E-state index in [9.17, 15) is 17.6 Å². The number of halogens is 2. The summed E-state index contributed by atoms with van der Waals surface area (Å²) < 4.78 is 40.4. The average molecular weight is 391 g/mol. The molecular formula is C15H20ClFN4O3S. The highest BCUT2D eigenvalue weighted by molar-refractivity contribution is 7.92. The fourth-order valence-corrected chi connectivity index (χ4v) is 3.05. The lowest BCUT2D eigenvalue weighted by Gasteiger charge is -2.15. The topological polar surface area (TPSA) is 94.3 Å². The number of likely N-dealkylation sites (N-methyl/N-ethyl adjacent to an activating group) is 2. The first kappa shape index (κ1) is 20.9. The Balaban J connectivity index is 0.00000312. The Labute approximate surface area is 152 Å². The van der Waals surface area contributed by atoms with E-state index in [1.165, 1.54) is 35.4 Å². The zero-order valence-corrected chi connectivity index (χ0v) is 15.4. The van der Waals surface area contributed by atoms with Crippen molar-refractivity contribution in [1.29, 1.82) is 0 Å². The lowest BCUT2D eigenvalue weighted by molar-refractivity contribution is 0.0791. The van der Waals surface area contributed by atoms with Gasteiger partial charge in [0.25, 0.3) is 15.9 Å². The zero-order valence-electron chi connectivity index (χ0n) is 13.7. The molecule has 0 saturated carbocycles. The number of hydrogen-bond acceptors (Lipinski definition) is 4. The van der Waals surface area contributed by atoms with Crippen molar-refractivity contribution < 1.29 is 17.6 Å². The van der Waals surface area contributed by atoms with Crippen molar-refractivity contribution in [2.24, 2.45) is 0 Å². The largest absolute Gasteiger partial charge is 0.356 e. The number of aromatic amines is 1. The summed E-state index contributed by atoms with van der Waals surface area (Å²) in [5.74, 6) is -1.02. The van der Waals surface area contributed by atoms with Gasteiger partial charge in [-0.05, 0) is 25.2 Å². The van der Waals surface area contributed by atoms with Gasteiger partial charge in [-0.1, -0.05) is 12.1 Å². The molecule has 138 valence electrons. The van der Waals surface area contributed by atoms with Crippen LogP contribution in [0.25, 0.3) is 0 Å². The summed E-state index contributed by atoms with van der Waals surface area (Å²) in [6.45, 7) is 1.09. The van der Waals surface area contributed by atoms with Gasteiger partial charge in [-0.2, -0.15) is 0 Å². The number of sulfonamides is 1. The zero-order chi connectivity index (χ0) is 17.7. The van der Waals surface area contributed by atoms with Crippen LogP contribution in [-0.2, 0) is 10.0 Å². The number of rotatable bonds is 7. The second kappa shape index (κ2) is 8.84. The summed E-state index contributed by atoms with van der Waals surface area (Å²) in [4.78, 5) is 16.2. The number of nitrogens with zero attached hydrogens (tertiary/aromatic N) is 1. The number of anilines is 1. The minimum absolute atomic E-state index is 0. The fourth-order valence-electron chi connectivity index (χ4n) is 1.99. The smallest absolute Gasteiger partial charge is 0.270 e. The minimum atomic E-state index is -4.00. The molecule has 0 saturated heterocycles. The van der Waals surface area contributed by atoms with Crippen molar-refractivity contribution in [2.75, 3.05) is 31.9 Å². The van der Waals surface area contributed by atoms with Crippen LogP contribution < -0.4 is 10.0 Å². The van der Waals surface area contributed by atoms with E-state index in [-0.39, 0.29) is 34.6 Å². The molecule has 3 N–H and O–H groups in total. The lowest BCUT2D eigenvalue weighted by atomic mass is 10.3. The quantitative estimate of drug-likeness (QED) is 0.670.